The second-order valence-electron chi connectivity index (χ2n) is 4.54. The molecule has 1 heterocycles. The van der Waals surface area contributed by atoms with Crippen LogP contribution < -0.4 is 15.5 Å². The van der Waals surface area contributed by atoms with Crippen molar-refractivity contribution in [1.82, 2.24) is 20.8 Å². The summed E-state index contributed by atoms with van der Waals surface area (Å²) in [5.74, 6) is 0.341. The fraction of sp³-hybridized carbons (Fsp3) is 0.750. The van der Waals surface area contributed by atoms with Gasteiger partial charge in [0.25, 0.3) is 0 Å². The SMILES string of the molecule is CNC(=O)C(C)CN(C)c1nnc(CNCCOC)o1. The minimum atomic E-state index is -0.153. The average Bonchev–Trinajstić information content (AvgIpc) is 2.91. The van der Waals surface area contributed by atoms with Crippen molar-refractivity contribution in [3.63, 3.8) is 0 Å². The highest BCUT2D eigenvalue weighted by Crippen LogP contribution is 2.12. The van der Waals surface area contributed by atoms with Gasteiger partial charge in [0.1, 0.15) is 0 Å². The van der Waals surface area contributed by atoms with E-state index in [-0.39, 0.29) is 11.8 Å². The van der Waals surface area contributed by atoms with E-state index in [1.807, 2.05) is 14.0 Å². The summed E-state index contributed by atoms with van der Waals surface area (Å²) in [7, 11) is 5.08. The Balaban J connectivity index is 2.43. The number of amides is 1. The first-order chi connectivity index (χ1) is 9.58. The average molecular weight is 285 g/mol. The zero-order chi connectivity index (χ0) is 15.0. The topological polar surface area (TPSA) is 92.5 Å². The highest BCUT2D eigenvalue weighted by Gasteiger charge is 2.17. The third kappa shape index (κ3) is 5.14. The van der Waals surface area contributed by atoms with E-state index in [9.17, 15) is 4.79 Å². The maximum absolute atomic E-state index is 11.5. The molecule has 0 saturated carbocycles. The molecule has 1 amide bonds. The molecule has 0 fully saturated rings. The number of hydrogen-bond acceptors (Lipinski definition) is 7. The summed E-state index contributed by atoms with van der Waals surface area (Å²) in [5.41, 5.74) is 0. The van der Waals surface area contributed by atoms with Gasteiger partial charge in [-0.15, -0.1) is 5.10 Å². The van der Waals surface area contributed by atoms with Gasteiger partial charge in [0.2, 0.25) is 11.8 Å². The molecule has 0 aliphatic rings. The van der Waals surface area contributed by atoms with E-state index < -0.39 is 0 Å². The maximum atomic E-state index is 11.5. The lowest BCUT2D eigenvalue weighted by Gasteiger charge is -2.18. The van der Waals surface area contributed by atoms with Gasteiger partial charge < -0.3 is 24.7 Å². The van der Waals surface area contributed by atoms with E-state index >= 15 is 0 Å². The van der Waals surface area contributed by atoms with Crippen molar-refractivity contribution in [1.29, 1.82) is 0 Å². The molecule has 0 aliphatic heterocycles. The van der Waals surface area contributed by atoms with Crippen molar-refractivity contribution < 1.29 is 13.9 Å². The Morgan fingerprint density at radius 2 is 2.25 bits per heavy atom. The molecule has 0 saturated heterocycles. The summed E-state index contributed by atoms with van der Waals surface area (Å²) < 4.78 is 10.4. The van der Waals surface area contributed by atoms with E-state index in [2.05, 4.69) is 20.8 Å². The van der Waals surface area contributed by atoms with Crippen LogP contribution in [0.1, 0.15) is 12.8 Å². The molecule has 0 aromatic carbocycles. The molecule has 0 bridgehead atoms. The molecule has 8 nitrogen and oxygen atoms in total. The zero-order valence-corrected chi connectivity index (χ0v) is 12.5. The summed E-state index contributed by atoms with van der Waals surface area (Å²) in [4.78, 5) is 13.2. The number of aromatic nitrogens is 2. The molecule has 1 unspecified atom stereocenters. The molecule has 1 rings (SSSR count). The highest BCUT2D eigenvalue weighted by atomic mass is 16.5. The van der Waals surface area contributed by atoms with Crippen LogP contribution in [0.2, 0.25) is 0 Å². The number of carbonyl (C=O) groups excluding carboxylic acids is 1. The number of anilines is 1. The number of carbonyl (C=O) groups is 1. The largest absolute Gasteiger partial charge is 0.407 e. The van der Waals surface area contributed by atoms with Crippen molar-refractivity contribution in [2.24, 2.45) is 5.92 Å². The predicted octanol–water partition coefficient (Wildman–Crippen LogP) is -0.376. The molecule has 114 valence electrons. The van der Waals surface area contributed by atoms with Crippen LogP contribution in [0.4, 0.5) is 6.01 Å². The summed E-state index contributed by atoms with van der Waals surface area (Å²) >= 11 is 0. The summed E-state index contributed by atoms with van der Waals surface area (Å²) in [6.07, 6.45) is 0. The van der Waals surface area contributed by atoms with Gasteiger partial charge in [0.05, 0.1) is 19.1 Å². The van der Waals surface area contributed by atoms with Gasteiger partial charge in [0, 0.05) is 34.3 Å². The smallest absolute Gasteiger partial charge is 0.317 e. The second kappa shape index (κ2) is 8.49. The normalized spacial score (nSPS) is 12.2. The third-order valence-corrected chi connectivity index (χ3v) is 2.78. The van der Waals surface area contributed by atoms with Crippen LogP contribution in [-0.4, -0.2) is 57.0 Å². The minimum absolute atomic E-state index is 0.0159. The standard InChI is InChI=1S/C12H23N5O3/c1-9(11(18)13-2)8-17(3)12-16-15-10(20-12)7-14-5-6-19-4/h9,14H,5-8H2,1-4H3,(H,13,18). The summed E-state index contributed by atoms with van der Waals surface area (Å²) in [6, 6.07) is 0.407. The Hall–Kier alpha value is -1.67. The zero-order valence-electron chi connectivity index (χ0n) is 12.5. The van der Waals surface area contributed by atoms with Gasteiger partial charge in [-0.25, -0.2) is 0 Å². The first kappa shape index (κ1) is 16.4. The van der Waals surface area contributed by atoms with Crippen LogP contribution in [0.3, 0.4) is 0 Å². The lowest BCUT2D eigenvalue weighted by Crippen LogP contribution is -2.34. The van der Waals surface area contributed by atoms with Gasteiger partial charge in [-0.2, -0.15) is 0 Å². The quantitative estimate of drug-likeness (QED) is 0.598. The van der Waals surface area contributed by atoms with E-state index in [0.29, 0.717) is 31.6 Å². The van der Waals surface area contributed by atoms with E-state index in [1.54, 1.807) is 19.1 Å². The molecule has 1 aromatic heterocycles. The van der Waals surface area contributed by atoms with Crippen LogP contribution in [0.25, 0.3) is 0 Å². The van der Waals surface area contributed by atoms with Crippen molar-refractivity contribution >= 4 is 11.9 Å². The third-order valence-electron chi connectivity index (χ3n) is 2.78. The predicted molar refractivity (Wildman–Crippen MR) is 74.4 cm³/mol. The Labute approximate surface area is 118 Å². The molecular formula is C12H23N5O3. The van der Waals surface area contributed by atoms with E-state index in [0.717, 1.165) is 6.54 Å². The number of rotatable bonds is 9. The molecular weight excluding hydrogens is 262 g/mol. The highest BCUT2D eigenvalue weighted by molar-refractivity contribution is 5.78. The lowest BCUT2D eigenvalue weighted by atomic mass is 10.1. The van der Waals surface area contributed by atoms with Crippen molar-refractivity contribution in [3.8, 4) is 0 Å². The Morgan fingerprint density at radius 1 is 1.50 bits per heavy atom. The van der Waals surface area contributed by atoms with Gasteiger partial charge in [-0.05, 0) is 0 Å². The Bertz CT molecular complexity index is 410. The fourth-order valence-corrected chi connectivity index (χ4v) is 1.66. The Kier molecular flexibility index (Phi) is 6.96. The number of ether oxygens (including phenoxy) is 1. The van der Waals surface area contributed by atoms with Crippen molar-refractivity contribution in [2.75, 3.05) is 45.8 Å². The van der Waals surface area contributed by atoms with Crippen LogP contribution in [-0.2, 0) is 16.1 Å². The van der Waals surface area contributed by atoms with Crippen LogP contribution in [0.15, 0.2) is 4.42 Å². The second-order valence-corrected chi connectivity index (χ2v) is 4.54. The van der Waals surface area contributed by atoms with Gasteiger partial charge in [-0.1, -0.05) is 12.0 Å². The van der Waals surface area contributed by atoms with Gasteiger partial charge >= 0.3 is 6.01 Å². The van der Waals surface area contributed by atoms with Gasteiger partial charge in [-0.3, -0.25) is 4.79 Å². The molecule has 2 N–H and O–H groups in total. The number of nitrogens with one attached hydrogen (secondary N) is 2. The summed E-state index contributed by atoms with van der Waals surface area (Å²) in [6.45, 7) is 4.20. The number of hydrogen-bond donors (Lipinski definition) is 2. The summed E-state index contributed by atoms with van der Waals surface area (Å²) in [5, 5.41) is 13.6. The monoisotopic (exact) mass is 285 g/mol. The van der Waals surface area contributed by atoms with E-state index in [1.165, 1.54) is 0 Å². The minimum Gasteiger partial charge on any atom is -0.407 e. The fourth-order valence-electron chi connectivity index (χ4n) is 1.66. The molecule has 1 atom stereocenters. The Morgan fingerprint density at radius 3 is 2.90 bits per heavy atom. The maximum Gasteiger partial charge on any atom is 0.317 e. The number of methoxy groups -OCH3 is 1. The first-order valence-corrected chi connectivity index (χ1v) is 6.53. The molecule has 0 spiro atoms. The van der Waals surface area contributed by atoms with Gasteiger partial charge in [0.15, 0.2) is 0 Å². The molecule has 8 heteroatoms. The van der Waals surface area contributed by atoms with Crippen LogP contribution in [0.5, 0.6) is 0 Å². The van der Waals surface area contributed by atoms with Crippen LogP contribution in [0, 0.1) is 5.92 Å². The molecule has 0 aliphatic carbocycles. The van der Waals surface area contributed by atoms with Crippen molar-refractivity contribution in [3.05, 3.63) is 5.89 Å². The molecule has 20 heavy (non-hydrogen) atoms. The lowest BCUT2D eigenvalue weighted by molar-refractivity contribution is -0.123. The van der Waals surface area contributed by atoms with Crippen molar-refractivity contribution in [2.45, 2.75) is 13.5 Å². The van der Waals surface area contributed by atoms with Crippen LogP contribution >= 0.6 is 0 Å². The molecule has 1 aromatic rings. The first-order valence-electron chi connectivity index (χ1n) is 6.53. The molecule has 0 radical (unpaired) electrons. The number of nitrogens with zero attached hydrogens (tertiary/aromatic N) is 3. The van der Waals surface area contributed by atoms with E-state index in [4.69, 9.17) is 9.15 Å².